The van der Waals surface area contributed by atoms with Crippen molar-refractivity contribution >= 4 is 46.7 Å². The van der Waals surface area contributed by atoms with Crippen LogP contribution in [0, 0.1) is 5.82 Å². The van der Waals surface area contributed by atoms with E-state index in [0.717, 1.165) is 16.9 Å². The van der Waals surface area contributed by atoms with Gasteiger partial charge in [-0.05, 0) is 24.3 Å². The van der Waals surface area contributed by atoms with Crippen LogP contribution in [0.5, 0.6) is 0 Å². The molecule has 0 aliphatic carbocycles. The van der Waals surface area contributed by atoms with Crippen LogP contribution in [0.25, 0.3) is 11.0 Å². The molecule has 2 N–H and O–H groups in total. The summed E-state index contributed by atoms with van der Waals surface area (Å²) in [5.41, 5.74) is 8.89. The van der Waals surface area contributed by atoms with Crippen LogP contribution in [-0.4, -0.2) is 46.6 Å². The molecular weight excluding hydrogens is 470 g/mol. The van der Waals surface area contributed by atoms with E-state index in [1.54, 1.807) is 6.07 Å². The summed E-state index contributed by atoms with van der Waals surface area (Å²) in [6.07, 6.45) is 0. The minimum absolute atomic E-state index is 0. The van der Waals surface area contributed by atoms with Gasteiger partial charge in [-0.15, -0.1) is 24.0 Å². The summed E-state index contributed by atoms with van der Waals surface area (Å²) in [6.45, 7) is 3.29. The molecule has 8 heteroatoms. The fourth-order valence-corrected chi connectivity index (χ4v) is 3.47. The number of hydrogen-bond donors (Lipinski definition) is 1. The van der Waals surface area contributed by atoms with Gasteiger partial charge in [-0.2, -0.15) is 0 Å². The Morgan fingerprint density at radius 3 is 2.46 bits per heavy atom. The van der Waals surface area contributed by atoms with Gasteiger partial charge in [0.15, 0.2) is 5.96 Å². The van der Waals surface area contributed by atoms with Gasteiger partial charge in [0.2, 0.25) is 0 Å². The summed E-state index contributed by atoms with van der Waals surface area (Å²) >= 11 is 0. The van der Waals surface area contributed by atoms with Gasteiger partial charge >= 0.3 is 0 Å². The normalized spacial score (nSPS) is 15.0. The second-order valence-electron chi connectivity index (χ2n) is 6.68. The number of para-hydroxylation sites is 3. The van der Waals surface area contributed by atoms with Gasteiger partial charge in [0.1, 0.15) is 18.2 Å². The Kier molecular flexibility index (Phi) is 6.38. The van der Waals surface area contributed by atoms with Gasteiger partial charge in [-0.1, -0.05) is 24.3 Å². The van der Waals surface area contributed by atoms with Gasteiger partial charge in [0.25, 0.3) is 0 Å². The highest BCUT2D eigenvalue weighted by Gasteiger charge is 2.20. The number of rotatable bonds is 3. The zero-order valence-electron chi connectivity index (χ0n) is 15.8. The molecule has 6 nitrogen and oxygen atoms in total. The first-order valence-corrected chi connectivity index (χ1v) is 9.08. The molecule has 0 spiro atoms. The van der Waals surface area contributed by atoms with Gasteiger partial charge in [-0.3, -0.25) is 0 Å². The number of benzene rings is 2. The molecule has 1 fully saturated rings. The molecule has 3 aromatic rings. The van der Waals surface area contributed by atoms with Crippen molar-refractivity contribution < 1.29 is 4.39 Å². The Morgan fingerprint density at radius 1 is 1.07 bits per heavy atom. The zero-order valence-corrected chi connectivity index (χ0v) is 18.1. The second-order valence-corrected chi connectivity index (χ2v) is 6.68. The molecule has 2 heterocycles. The molecule has 0 atom stereocenters. The molecular formula is C20H24FIN6. The van der Waals surface area contributed by atoms with Gasteiger partial charge in [0, 0.05) is 33.2 Å². The summed E-state index contributed by atoms with van der Waals surface area (Å²) in [5.74, 6) is 1.20. The minimum Gasteiger partial charge on any atom is -0.370 e. The van der Waals surface area contributed by atoms with Crippen molar-refractivity contribution in [3.8, 4) is 0 Å². The maximum Gasteiger partial charge on any atom is 0.191 e. The average Bonchev–Trinajstić information content (AvgIpc) is 3.03. The topological polar surface area (TPSA) is 62.7 Å². The highest BCUT2D eigenvalue weighted by atomic mass is 127. The number of anilines is 1. The van der Waals surface area contributed by atoms with Crippen molar-refractivity contribution in [1.29, 1.82) is 0 Å². The molecule has 1 aliphatic rings. The smallest absolute Gasteiger partial charge is 0.191 e. The minimum atomic E-state index is -0.186. The zero-order chi connectivity index (χ0) is 18.8. The maximum atomic E-state index is 14.0. The summed E-state index contributed by atoms with van der Waals surface area (Å²) < 4.78 is 16.0. The first-order chi connectivity index (χ1) is 13.1. The molecule has 2 aromatic carbocycles. The Morgan fingerprint density at radius 2 is 1.75 bits per heavy atom. The van der Waals surface area contributed by atoms with E-state index in [9.17, 15) is 4.39 Å². The molecule has 4 rings (SSSR count). The predicted molar refractivity (Wildman–Crippen MR) is 122 cm³/mol. The molecule has 0 saturated carbocycles. The highest BCUT2D eigenvalue weighted by Crippen LogP contribution is 2.20. The van der Waals surface area contributed by atoms with Crippen molar-refractivity contribution in [3.05, 3.63) is 60.2 Å². The monoisotopic (exact) mass is 494 g/mol. The van der Waals surface area contributed by atoms with E-state index in [-0.39, 0.29) is 29.8 Å². The number of fused-ring (bicyclic) bond motifs is 1. The van der Waals surface area contributed by atoms with Crippen LogP contribution in [-0.2, 0) is 13.6 Å². The van der Waals surface area contributed by atoms with Gasteiger partial charge in [-0.25, -0.2) is 14.4 Å². The number of nitrogens with zero attached hydrogens (tertiary/aromatic N) is 5. The van der Waals surface area contributed by atoms with Crippen LogP contribution >= 0.6 is 24.0 Å². The molecule has 0 radical (unpaired) electrons. The Labute approximate surface area is 180 Å². The molecule has 0 unspecified atom stereocenters. The number of aliphatic imine (C=N–C) groups is 1. The third kappa shape index (κ3) is 4.06. The van der Waals surface area contributed by atoms with Crippen molar-refractivity contribution in [3.63, 3.8) is 0 Å². The lowest BCUT2D eigenvalue weighted by atomic mass is 10.2. The van der Waals surface area contributed by atoms with Crippen LogP contribution in [0.3, 0.4) is 0 Å². The van der Waals surface area contributed by atoms with E-state index in [0.29, 0.717) is 44.4 Å². The quantitative estimate of drug-likeness (QED) is 0.346. The number of piperazine rings is 1. The molecule has 0 bridgehead atoms. The molecule has 28 heavy (non-hydrogen) atoms. The fraction of sp³-hybridized carbons (Fsp3) is 0.300. The number of guanidine groups is 1. The van der Waals surface area contributed by atoms with Crippen LogP contribution < -0.4 is 10.6 Å². The highest BCUT2D eigenvalue weighted by molar-refractivity contribution is 14.0. The molecule has 1 aliphatic heterocycles. The number of imidazole rings is 1. The lowest BCUT2D eigenvalue weighted by molar-refractivity contribution is 0.378. The SMILES string of the molecule is Cn1c(CN=C(N)N2CCN(c3ccccc3F)CC2)nc2ccccc21.I. The number of halogens is 2. The first kappa shape index (κ1) is 20.4. The van der Waals surface area contributed by atoms with E-state index in [4.69, 9.17) is 5.73 Å². The Balaban J connectivity index is 0.00000225. The number of aromatic nitrogens is 2. The number of hydrogen-bond acceptors (Lipinski definition) is 3. The molecule has 1 aromatic heterocycles. The fourth-order valence-electron chi connectivity index (χ4n) is 3.47. The van der Waals surface area contributed by atoms with E-state index >= 15 is 0 Å². The Hall–Kier alpha value is -2.36. The summed E-state index contributed by atoms with van der Waals surface area (Å²) in [5, 5.41) is 0. The first-order valence-electron chi connectivity index (χ1n) is 9.08. The molecule has 1 saturated heterocycles. The lowest BCUT2D eigenvalue weighted by Crippen LogP contribution is -2.51. The lowest BCUT2D eigenvalue weighted by Gasteiger charge is -2.36. The second kappa shape index (κ2) is 8.76. The predicted octanol–water partition coefficient (Wildman–Crippen LogP) is 2.97. The van der Waals surface area contributed by atoms with Gasteiger partial charge < -0.3 is 20.1 Å². The largest absolute Gasteiger partial charge is 0.370 e. The van der Waals surface area contributed by atoms with Gasteiger partial charge in [0.05, 0.1) is 16.7 Å². The number of nitrogens with two attached hydrogens (primary N) is 1. The number of aryl methyl sites for hydroxylation is 1. The van der Waals surface area contributed by atoms with Crippen molar-refractivity contribution in [1.82, 2.24) is 14.5 Å². The van der Waals surface area contributed by atoms with Crippen molar-refractivity contribution in [2.24, 2.45) is 17.8 Å². The molecule has 0 amide bonds. The van der Waals surface area contributed by atoms with E-state index in [1.807, 2.05) is 57.8 Å². The third-order valence-electron chi connectivity index (χ3n) is 5.06. The van der Waals surface area contributed by atoms with Crippen LogP contribution in [0.15, 0.2) is 53.5 Å². The average molecular weight is 494 g/mol. The van der Waals surface area contributed by atoms with E-state index < -0.39 is 0 Å². The van der Waals surface area contributed by atoms with E-state index in [2.05, 4.69) is 9.98 Å². The maximum absolute atomic E-state index is 14.0. The van der Waals surface area contributed by atoms with E-state index in [1.165, 1.54) is 6.07 Å². The van der Waals surface area contributed by atoms with Crippen LogP contribution in [0.2, 0.25) is 0 Å². The summed E-state index contributed by atoms with van der Waals surface area (Å²) in [4.78, 5) is 13.2. The standard InChI is InChI=1S/C20H23FN6.HI/c1-25-18-9-5-3-7-16(18)24-19(25)14-23-20(22)27-12-10-26(11-13-27)17-8-4-2-6-15(17)21;/h2-9H,10-14H2,1H3,(H2,22,23);1H. The van der Waals surface area contributed by atoms with Crippen molar-refractivity contribution in [2.75, 3.05) is 31.1 Å². The Bertz CT molecular complexity index is 978. The van der Waals surface area contributed by atoms with Crippen LogP contribution in [0.4, 0.5) is 10.1 Å². The van der Waals surface area contributed by atoms with Crippen LogP contribution in [0.1, 0.15) is 5.82 Å². The van der Waals surface area contributed by atoms with Crippen molar-refractivity contribution in [2.45, 2.75) is 6.54 Å². The third-order valence-corrected chi connectivity index (χ3v) is 5.06. The summed E-state index contributed by atoms with van der Waals surface area (Å²) in [7, 11) is 1.99. The molecule has 148 valence electrons. The summed E-state index contributed by atoms with van der Waals surface area (Å²) in [6, 6.07) is 14.9.